The SMILES string of the molecule is Cc1cc(-c2sc(NC(=O)N3CC4(COC4)C3)nc2-c2cccc(C#N)c2)cc(C(C)O)n1. The van der Waals surface area contributed by atoms with Crippen molar-refractivity contribution in [2.45, 2.75) is 20.0 Å². The first-order valence-corrected chi connectivity index (χ1v) is 11.5. The molecule has 9 heteroatoms. The molecule has 4 heterocycles. The molecule has 2 N–H and O–H groups in total. The quantitative estimate of drug-likeness (QED) is 0.608. The Labute approximate surface area is 195 Å². The number of nitriles is 1. The van der Waals surface area contributed by atoms with Crippen LogP contribution in [0.4, 0.5) is 9.93 Å². The molecule has 1 spiro atoms. The molecule has 0 aliphatic carbocycles. The number of hydrogen-bond donors (Lipinski definition) is 2. The highest BCUT2D eigenvalue weighted by atomic mass is 32.1. The smallest absolute Gasteiger partial charge is 0.323 e. The number of rotatable bonds is 4. The number of ether oxygens (including phenoxy) is 1. The molecule has 1 aromatic carbocycles. The second-order valence-corrected chi connectivity index (χ2v) is 9.77. The van der Waals surface area contributed by atoms with Crippen molar-refractivity contribution in [3.05, 3.63) is 53.3 Å². The Morgan fingerprint density at radius 3 is 2.73 bits per heavy atom. The molecule has 2 saturated heterocycles. The molecule has 0 saturated carbocycles. The average molecular weight is 462 g/mol. The van der Waals surface area contributed by atoms with Gasteiger partial charge in [-0.1, -0.05) is 23.5 Å². The molecule has 5 rings (SSSR count). The van der Waals surface area contributed by atoms with Crippen molar-refractivity contribution < 1.29 is 14.6 Å². The lowest BCUT2D eigenvalue weighted by atomic mass is 9.78. The number of aromatic nitrogens is 2. The number of likely N-dealkylation sites (tertiary alicyclic amines) is 1. The number of thiazole rings is 1. The average Bonchev–Trinajstić information content (AvgIpc) is 3.15. The number of carbonyl (C=O) groups excluding carboxylic acids is 1. The third-order valence-electron chi connectivity index (χ3n) is 5.93. The number of aryl methyl sites for hydroxylation is 1. The molecule has 0 bridgehead atoms. The highest BCUT2D eigenvalue weighted by Gasteiger charge is 2.50. The van der Waals surface area contributed by atoms with Gasteiger partial charge in [-0.15, -0.1) is 0 Å². The summed E-state index contributed by atoms with van der Waals surface area (Å²) in [7, 11) is 0. The van der Waals surface area contributed by atoms with Gasteiger partial charge in [-0.2, -0.15) is 5.26 Å². The maximum Gasteiger partial charge on any atom is 0.323 e. The van der Waals surface area contributed by atoms with Crippen LogP contribution in [0.3, 0.4) is 0 Å². The van der Waals surface area contributed by atoms with E-state index in [2.05, 4.69) is 16.4 Å². The Hall–Kier alpha value is -3.32. The number of aliphatic hydroxyl groups excluding tert-OH is 1. The monoisotopic (exact) mass is 461 g/mol. The van der Waals surface area contributed by atoms with Crippen molar-refractivity contribution in [3.63, 3.8) is 0 Å². The fourth-order valence-electron chi connectivity index (χ4n) is 4.19. The summed E-state index contributed by atoms with van der Waals surface area (Å²) in [5.74, 6) is 0. The topological polar surface area (TPSA) is 111 Å². The number of benzene rings is 1. The number of nitrogens with zero attached hydrogens (tertiary/aromatic N) is 4. The maximum atomic E-state index is 12.8. The molecular formula is C24H23N5O3S. The summed E-state index contributed by atoms with van der Waals surface area (Å²) >= 11 is 1.36. The van der Waals surface area contributed by atoms with Gasteiger partial charge in [0, 0.05) is 24.3 Å². The molecule has 1 atom stereocenters. The van der Waals surface area contributed by atoms with Crippen LogP contribution in [-0.4, -0.2) is 52.3 Å². The number of pyridine rings is 1. The van der Waals surface area contributed by atoms with E-state index in [1.807, 2.05) is 31.2 Å². The van der Waals surface area contributed by atoms with Gasteiger partial charge in [0.1, 0.15) is 0 Å². The van der Waals surface area contributed by atoms with E-state index in [9.17, 15) is 15.2 Å². The Morgan fingerprint density at radius 1 is 1.27 bits per heavy atom. The van der Waals surface area contributed by atoms with Crippen LogP contribution in [0.1, 0.15) is 30.0 Å². The van der Waals surface area contributed by atoms with Gasteiger partial charge in [-0.25, -0.2) is 9.78 Å². The first kappa shape index (κ1) is 21.5. The first-order valence-electron chi connectivity index (χ1n) is 10.7. The third-order valence-corrected chi connectivity index (χ3v) is 6.95. The van der Waals surface area contributed by atoms with Crippen LogP contribution < -0.4 is 5.32 Å². The molecule has 2 aromatic heterocycles. The highest BCUT2D eigenvalue weighted by molar-refractivity contribution is 7.19. The lowest BCUT2D eigenvalue weighted by molar-refractivity contribution is -0.174. The molecule has 2 fully saturated rings. The van der Waals surface area contributed by atoms with E-state index in [1.165, 1.54) is 11.3 Å². The van der Waals surface area contributed by atoms with E-state index < -0.39 is 6.10 Å². The van der Waals surface area contributed by atoms with Crippen LogP contribution in [0.5, 0.6) is 0 Å². The van der Waals surface area contributed by atoms with E-state index in [-0.39, 0.29) is 11.4 Å². The summed E-state index contributed by atoms with van der Waals surface area (Å²) in [5, 5.41) is 22.8. The van der Waals surface area contributed by atoms with Crippen LogP contribution in [-0.2, 0) is 4.74 Å². The van der Waals surface area contributed by atoms with Gasteiger partial charge in [0.25, 0.3) is 0 Å². The van der Waals surface area contributed by atoms with Crippen molar-refractivity contribution in [1.29, 1.82) is 5.26 Å². The summed E-state index contributed by atoms with van der Waals surface area (Å²) < 4.78 is 5.28. The van der Waals surface area contributed by atoms with E-state index >= 15 is 0 Å². The largest absolute Gasteiger partial charge is 0.387 e. The molecular weight excluding hydrogens is 438 g/mol. The number of anilines is 1. The Balaban J connectivity index is 1.51. The minimum absolute atomic E-state index is 0.139. The minimum Gasteiger partial charge on any atom is -0.387 e. The summed E-state index contributed by atoms with van der Waals surface area (Å²) in [6, 6.07) is 13.0. The molecule has 2 amide bonds. The van der Waals surface area contributed by atoms with Crippen molar-refractivity contribution in [3.8, 4) is 27.8 Å². The molecule has 2 aliphatic heterocycles. The van der Waals surface area contributed by atoms with Crippen LogP contribution in [0, 0.1) is 23.7 Å². The highest BCUT2D eigenvalue weighted by Crippen LogP contribution is 2.41. The molecule has 168 valence electrons. The minimum atomic E-state index is -0.713. The molecule has 0 radical (unpaired) electrons. The summed E-state index contributed by atoms with van der Waals surface area (Å²) in [4.78, 5) is 24.5. The standard InChI is InChI=1S/C24H23N5O3S/c1-14-6-18(8-19(26-14)15(2)30)21-20(17-5-3-4-16(7-17)9-25)27-22(33-21)28-23(31)29-10-24(11-29)12-32-13-24/h3-8,15,30H,10-13H2,1-2H3,(H,27,28,31). The van der Waals surface area contributed by atoms with Crippen molar-refractivity contribution in [2.24, 2.45) is 5.41 Å². The number of carbonyl (C=O) groups is 1. The predicted octanol–water partition coefficient (Wildman–Crippen LogP) is 3.97. The molecule has 1 unspecified atom stereocenters. The molecule has 8 nitrogen and oxygen atoms in total. The lowest BCUT2D eigenvalue weighted by Crippen LogP contribution is -2.67. The summed E-state index contributed by atoms with van der Waals surface area (Å²) in [5.41, 5.74) is 4.30. The predicted molar refractivity (Wildman–Crippen MR) is 125 cm³/mol. The normalized spacial score (nSPS) is 17.1. The van der Waals surface area contributed by atoms with Gasteiger partial charge in [0.15, 0.2) is 5.13 Å². The van der Waals surface area contributed by atoms with E-state index in [0.29, 0.717) is 48.4 Å². The second-order valence-electron chi connectivity index (χ2n) is 8.77. The van der Waals surface area contributed by atoms with Gasteiger partial charge in [0.05, 0.1) is 52.6 Å². The third kappa shape index (κ3) is 4.09. The van der Waals surface area contributed by atoms with E-state index in [0.717, 1.165) is 21.7 Å². The van der Waals surface area contributed by atoms with Gasteiger partial charge >= 0.3 is 6.03 Å². The van der Waals surface area contributed by atoms with Gasteiger partial charge in [-0.3, -0.25) is 10.3 Å². The van der Waals surface area contributed by atoms with E-state index in [4.69, 9.17) is 9.72 Å². The fraction of sp³-hybridized carbons (Fsp3) is 0.333. The summed E-state index contributed by atoms with van der Waals surface area (Å²) in [6.07, 6.45) is -0.713. The number of aliphatic hydroxyl groups is 1. The first-order chi connectivity index (χ1) is 15.9. The summed E-state index contributed by atoms with van der Waals surface area (Å²) in [6.45, 7) is 6.35. The molecule has 2 aliphatic rings. The van der Waals surface area contributed by atoms with Crippen molar-refractivity contribution in [2.75, 3.05) is 31.6 Å². The number of urea groups is 1. The van der Waals surface area contributed by atoms with Crippen LogP contribution >= 0.6 is 11.3 Å². The zero-order chi connectivity index (χ0) is 23.2. The zero-order valence-electron chi connectivity index (χ0n) is 18.3. The second kappa shape index (κ2) is 8.23. The van der Waals surface area contributed by atoms with Gasteiger partial charge in [-0.05, 0) is 43.7 Å². The molecule has 3 aromatic rings. The zero-order valence-corrected chi connectivity index (χ0v) is 19.1. The van der Waals surface area contributed by atoms with Crippen molar-refractivity contribution in [1.82, 2.24) is 14.9 Å². The van der Waals surface area contributed by atoms with Crippen LogP contribution in [0.15, 0.2) is 36.4 Å². The molecule has 33 heavy (non-hydrogen) atoms. The van der Waals surface area contributed by atoms with E-state index in [1.54, 1.807) is 24.0 Å². The number of amides is 2. The lowest BCUT2D eigenvalue weighted by Gasteiger charge is -2.54. The maximum absolute atomic E-state index is 12.8. The number of hydrogen-bond acceptors (Lipinski definition) is 7. The van der Waals surface area contributed by atoms with Gasteiger partial charge in [0.2, 0.25) is 0 Å². The van der Waals surface area contributed by atoms with Gasteiger partial charge < -0.3 is 14.7 Å². The number of nitrogens with one attached hydrogen (secondary N) is 1. The van der Waals surface area contributed by atoms with Crippen LogP contribution in [0.2, 0.25) is 0 Å². The Bertz CT molecular complexity index is 1270. The van der Waals surface area contributed by atoms with Crippen molar-refractivity contribution >= 4 is 22.5 Å². The Kier molecular flexibility index (Phi) is 5.37. The Morgan fingerprint density at radius 2 is 2.06 bits per heavy atom. The fourth-order valence-corrected chi connectivity index (χ4v) is 5.16. The van der Waals surface area contributed by atoms with Crippen LogP contribution in [0.25, 0.3) is 21.7 Å².